The Morgan fingerprint density at radius 1 is 1.24 bits per heavy atom. The highest BCUT2D eigenvalue weighted by atomic mass is 32.1. The first-order valence-electron chi connectivity index (χ1n) is 7.12. The highest BCUT2D eigenvalue weighted by Gasteiger charge is 2.26. The molecular formula is C15H22N2O3S. The lowest BCUT2D eigenvalue weighted by Crippen LogP contribution is -2.51. The molecular weight excluding hydrogens is 288 g/mol. The van der Waals surface area contributed by atoms with Crippen LogP contribution in [-0.4, -0.2) is 60.0 Å². The molecule has 1 fully saturated rings. The third-order valence-electron chi connectivity index (χ3n) is 3.19. The zero-order chi connectivity index (χ0) is 15.5. The second-order valence-corrected chi connectivity index (χ2v) is 7.09. The predicted molar refractivity (Wildman–Crippen MR) is 82.9 cm³/mol. The van der Waals surface area contributed by atoms with E-state index in [9.17, 15) is 9.59 Å². The Labute approximate surface area is 129 Å². The molecule has 5 nitrogen and oxygen atoms in total. The number of ketones is 1. The molecule has 2 rings (SSSR count). The summed E-state index contributed by atoms with van der Waals surface area (Å²) >= 11 is 1.47. The van der Waals surface area contributed by atoms with Gasteiger partial charge in [-0.15, -0.1) is 11.3 Å². The number of hydrogen-bond acceptors (Lipinski definition) is 5. The van der Waals surface area contributed by atoms with Gasteiger partial charge in [-0.2, -0.15) is 0 Å². The van der Waals surface area contributed by atoms with Crippen LogP contribution in [0, 0.1) is 0 Å². The van der Waals surface area contributed by atoms with E-state index in [2.05, 4.69) is 4.90 Å². The molecule has 0 bridgehead atoms. The number of hydrogen-bond donors (Lipinski definition) is 0. The van der Waals surface area contributed by atoms with Gasteiger partial charge in [0.05, 0.1) is 11.4 Å². The highest BCUT2D eigenvalue weighted by Crippen LogP contribution is 2.13. The molecule has 0 atom stereocenters. The fraction of sp³-hybridized carbons (Fsp3) is 0.600. The van der Waals surface area contributed by atoms with Crippen LogP contribution in [0.15, 0.2) is 17.5 Å². The number of carbonyl (C=O) groups is 2. The molecule has 0 aliphatic carbocycles. The van der Waals surface area contributed by atoms with Crippen LogP contribution >= 0.6 is 11.3 Å². The number of piperazine rings is 1. The van der Waals surface area contributed by atoms with Crippen molar-refractivity contribution in [1.29, 1.82) is 0 Å². The van der Waals surface area contributed by atoms with E-state index >= 15 is 0 Å². The maximum Gasteiger partial charge on any atom is 0.410 e. The zero-order valence-corrected chi connectivity index (χ0v) is 13.6. The minimum atomic E-state index is -0.469. The third kappa shape index (κ3) is 4.82. The normalized spacial score (nSPS) is 16.8. The van der Waals surface area contributed by atoms with Crippen molar-refractivity contribution in [2.24, 2.45) is 0 Å². The molecule has 6 heteroatoms. The quantitative estimate of drug-likeness (QED) is 0.805. The SMILES string of the molecule is CC(C)(C)OC(=O)N1CCN(CC(=O)c2cccs2)CC1. The Morgan fingerprint density at radius 3 is 2.43 bits per heavy atom. The minimum absolute atomic E-state index is 0.149. The van der Waals surface area contributed by atoms with Gasteiger partial charge in [0.1, 0.15) is 5.60 Å². The summed E-state index contributed by atoms with van der Waals surface area (Å²) in [6.45, 7) is 8.62. The Morgan fingerprint density at radius 2 is 1.90 bits per heavy atom. The third-order valence-corrected chi connectivity index (χ3v) is 4.10. The average Bonchev–Trinajstić information content (AvgIpc) is 2.91. The molecule has 0 spiro atoms. The Bertz CT molecular complexity index is 486. The van der Waals surface area contributed by atoms with E-state index in [4.69, 9.17) is 4.74 Å². The standard InChI is InChI=1S/C15H22N2O3S/c1-15(2,3)20-14(19)17-8-6-16(7-9-17)11-12(18)13-5-4-10-21-13/h4-5,10H,6-9,11H2,1-3H3. The van der Waals surface area contributed by atoms with Crippen molar-refractivity contribution in [1.82, 2.24) is 9.80 Å². The number of Topliss-reactive ketones (excluding diaryl/α,β-unsaturated/α-hetero) is 1. The van der Waals surface area contributed by atoms with E-state index in [-0.39, 0.29) is 11.9 Å². The first-order chi connectivity index (χ1) is 9.85. The van der Waals surface area contributed by atoms with Crippen LogP contribution in [0.3, 0.4) is 0 Å². The fourth-order valence-electron chi connectivity index (χ4n) is 2.13. The van der Waals surface area contributed by atoms with Gasteiger partial charge < -0.3 is 9.64 Å². The fourth-order valence-corrected chi connectivity index (χ4v) is 2.79. The maximum absolute atomic E-state index is 12.0. The van der Waals surface area contributed by atoms with Gasteiger partial charge in [-0.1, -0.05) is 6.07 Å². The van der Waals surface area contributed by atoms with Gasteiger partial charge in [0.2, 0.25) is 0 Å². The van der Waals surface area contributed by atoms with Crippen LogP contribution in [0.5, 0.6) is 0 Å². The highest BCUT2D eigenvalue weighted by molar-refractivity contribution is 7.12. The molecule has 0 saturated carbocycles. The van der Waals surface area contributed by atoms with Crippen LogP contribution < -0.4 is 0 Å². The molecule has 116 valence electrons. The lowest BCUT2D eigenvalue weighted by atomic mass is 10.2. The molecule has 0 N–H and O–H groups in total. The van der Waals surface area contributed by atoms with Crippen molar-refractivity contribution in [3.05, 3.63) is 22.4 Å². The average molecular weight is 310 g/mol. The van der Waals surface area contributed by atoms with Crippen LogP contribution in [0.2, 0.25) is 0 Å². The van der Waals surface area contributed by atoms with Crippen LogP contribution in [-0.2, 0) is 4.74 Å². The molecule has 1 aliphatic rings. The van der Waals surface area contributed by atoms with Crippen molar-refractivity contribution in [3.8, 4) is 0 Å². The van der Waals surface area contributed by atoms with E-state index in [1.165, 1.54) is 11.3 Å². The number of thiophene rings is 1. The smallest absolute Gasteiger partial charge is 0.410 e. The molecule has 1 aliphatic heterocycles. The lowest BCUT2D eigenvalue weighted by Gasteiger charge is -2.35. The summed E-state index contributed by atoms with van der Waals surface area (Å²) in [4.78, 5) is 28.6. The zero-order valence-electron chi connectivity index (χ0n) is 12.8. The summed E-state index contributed by atoms with van der Waals surface area (Å²) < 4.78 is 5.36. The maximum atomic E-state index is 12.0. The van der Waals surface area contributed by atoms with Gasteiger partial charge in [-0.05, 0) is 32.2 Å². The van der Waals surface area contributed by atoms with Gasteiger partial charge in [-0.3, -0.25) is 9.69 Å². The van der Waals surface area contributed by atoms with Crippen molar-refractivity contribution < 1.29 is 14.3 Å². The number of nitrogens with zero attached hydrogens (tertiary/aromatic N) is 2. The van der Waals surface area contributed by atoms with Crippen LogP contribution in [0.25, 0.3) is 0 Å². The second kappa shape index (κ2) is 6.58. The molecule has 0 aromatic carbocycles. The first kappa shape index (κ1) is 16.0. The summed E-state index contributed by atoms with van der Waals surface area (Å²) in [7, 11) is 0. The number of carbonyl (C=O) groups excluding carboxylic acids is 2. The van der Waals surface area contributed by atoms with Gasteiger partial charge in [0, 0.05) is 26.2 Å². The van der Waals surface area contributed by atoms with Crippen LogP contribution in [0.1, 0.15) is 30.4 Å². The van der Waals surface area contributed by atoms with E-state index in [1.54, 1.807) is 4.90 Å². The van der Waals surface area contributed by atoms with Crippen molar-refractivity contribution in [2.45, 2.75) is 26.4 Å². The number of amides is 1. The topological polar surface area (TPSA) is 49.9 Å². The summed E-state index contributed by atoms with van der Waals surface area (Å²) in [6, 6.07) is 3.74. The summed E-state index contributed by atoms with van der Waals surface area (Å²) in [6.07, 6.45) is -0.272. The van der Waals surface area contributed by atoms with E-state index in [0.29, 0.717) is 32.7 Å². The summed E-state index contributed by atoms with van der Waals surface area (Å²) in [5.74, 6) is 0.149. The Balaban J connectivity index is 1.78. The predicted octanol–water partition coefficient (Wildman–Crippen LogP) is 2.48. The van der Waals surface area contributed by atoms with Gasteiger partial charge in [-0.25, -0.2) is 4.79 Å². The molecule has 21 heavy (non-hydrogen) atoms. The summed E-state index contributed by atoms with van der Waals surface area (Å²) in [5, 5.41) is 1.91. The van der Waals surface area contributed by atoms with Crippen molar-refractivity contribution >= 4 is 23.2 Å². The molecule has 0 unspecified atom stereocenters. The Hall–Kier alpha value is -1.40. The van der Waals surface area contributed by atoms with Gasteiger partial charge in [0.15, 0.2) is 5.78 Å². The number of ether oxygens (including phenoxy) is 1. The molecule has 1 aromatic heterocycles. The monoisotopic (exact) mass is 310 g/mol. The van der Waals surface area contributed by atoms with E-state index in [1.807, 2.05) is 38.3 Å². The lowest BCUT2D eigenvalue weighted by molar-refractivity contribution is 0.0149. The summed E-state index contributed by atoms with van der Waals surface area (Å²) in [5.41, 5.74) is -0.469. The molecule has 1 amide bonds. The molecule has 1 aromatic rings. The van der Waals surface area contributed by atoms with E-state index < -0.39 is 5.60 Å². The van der Waals surface area contributed by atoms with Crippen LogP contribution in [0.4, 0.5) is 4.79 Å². The molecule has 2 heterocycles. The molecule has 0 radical (unpaired) electrons. The van der Waals surface area contributed by atoms with Gasteiger partial charge in [0.25, 0.3) is 0 Å². The number of rotatable bonds is 3. The second-order valence-electron chi connectivity index (χ2n) is 6.14. The Kier molecular flexibility index (Phi) is 5.00. The van der Waals surface area contributed by atoms with Crippen molar-refractivity contribution in [2.75, 3.05) is 32.7 Å². The first-order valence-corrected chi connectivity index (χ1v) is 8.00. The largest absolute Gasteiger partial charge is 0.444 e. The van der Waals surface area contributed by atoms with Crippen molar-refractivity contribution in [3.63, 3.8) is 0 Å². The van der Waals surface area contributed by atoms with Gasteiger partial charge >= 0.3 is 6.09 Å². The van der Waals surface area contributed by atoms with E-state index in [0.717, 1.165) is 4.88 Å². The minimum Gasteiger partial charge on any atom is -0.444 e. The molecule has 1 saturated heterocycles.